The van der Waals surface area contributed by atoms with Crippen LogP contribution >= 0.6 is 11.8 Å². The van der Waals surface area contributed by atoms with E-state index in [1.165, 1.54) is 24.4 Å². The molecule has 0 N–H and O–H groups in total. The zero-order chi connectivity index (χ0) is 20.1. The standard InChI is InChI=1S/C21H22N2O4S/c1-13-5-7-14(8-6-13)21-16-11-18(26-3)17(25-2)9-15(16)10-19(22-23-21)28-12-20(24)27-4/h5-9,11H,10,12H2,1-4H3. The molecule has 0 atom stereocenters. The third-order valence-corrected chi connectivity index (χ3v) is 5.32. The van der Waals surface area contributed by atoms with Crippen molar-refractivity contribution >= 4 is 28.5 Å². The van der Waals surface area contributed by atoms with Gasteiger partial charge in [0, 0.05) is 17.5 Å². The summed E-state index contributed by atoms with van der Waals surface area (Å²) in [5.41, 5.74) is 4.82. The molecule has 2 aromatic rings. The van der Waals surface area contributed by atoms with E-state index in [0.717, 1.165) is 27.4 Å². The predicted octanol–water partition coefficient (Wildman–Crippen LogP) is 3.63. The summed E-state index contributed by atoms with van der Waals surface area (Å²) >= 11 is 1.33. The third kappa shape index (κ3) is 4.36. The number of esters is 1. The number of aryl methyl sites for hydroxylation is 1. The first-order chi connectivity index (χ1) is 13.5. The van der Waals surface area contributed by atoms with Crippen LogP contribution in [0, 0.1) is 6.92 Å². The molecule has 0 aliphatic carbocycles. The van der Waals surface area contributed by atoms with Gasteiger partial charge < -0.3 is 14.2 Å². The van der Waals surface area contributed by atoms with Gasteiger partial charge >= 0.3 is 5.97 Å². The van der Waals surface area contributed by atoms with Gasteiger partial charge in [-0.3, -0.25) is 4.79 Å². The summed E-state index contributed by atoms with van der Waals surface area (Å²) in [6.07, 6.45) is 0.538. The van der Waals surface area contributed by atoms with Gasteiger partial charge in [-0.1, -0.05) is 41.6 Å². The lowest BCUT2D eigenvalue weighted by atomic mass is 9.95. The highest BCUT2D eigenvalue weighted by Gasteiger charge is 2.21. The van der Waals surface area contributed by atoms with E-state index in [2.05, 4.69) is 10.2 Å². The minimum atomic E-state index is -0.299. The largest absolute Gasteiger partial charge is 0.493 e. The Bertz CT molecular complexity index is 936. The van der Waals surface area contributed by atoms with Gasteiger partial charge in [0.05, 0.1) is 27.1 Å². The molecule has 1 heterocycles. The van der Waals surface area contributed by atoms with E-state index in [0.29, 0.717) is 17.9 Å². The third-order valence-electron chi connectivity index (χ3n) is 4.38. The van der Waals surface area contributed by atoms with Crippen LogP contribution in [0.1, 0.15) is 22.3 Å². The molecular weight excluding hydrogens is 376 g/mol. The summed E-state index contributed by atoms with van der Waals surface area (Å²) in [7, 11) is 4.59. The zero-order valence-corrected chi connectivity index (χ0v) is 17.1. The Morgan fingerprint density at radius 2 is 1.71 bits per heavy atom. The van der Waals surface area contributed by atoms with Gasteiger partial charge in [-0.15, -0.1) is 10.2 Å². The van der Waals surface area contributed by atoms with Crippen LogP contribution in [-0.2, 0) is 16.0 Å². The molecule has 0 saturated heterocycles. The highest BCUT2D eigenvalue weighted by atomic mass is 32.2. The molecule has 28 heavy (non-hydrogen) atoms. The van der Waals surface area contributed by atoms with Crippen molar-refractivity contribution in [3.8, 4) is 11.5 Å². The maximum Gasteiger partial charge on any atom is 0.316 e. The van der Waals surface area contributed by atoms with Crippen molar-refractivity contribution < 1.29 is 19.0 Å². The van der Waals surface area contributed by atoms with Gasteiger partial charge in [-0.05, 0) is 24.6 Å². The fraction of sp³-hybridized carbons (Fsp3) is 0.286. The quantitative estimate of drug-likeness (QED) is 0.720. The summed E-state index contributed by atoms with van der Waals surface area (Å²) in [5.74, 6) is 1.16. The number of hydrogen-bond acceptors (Lipinski definition) is 7. The molecule has 1 aliphatic heterocycles. The summed E-state index contributed by atoms with van der Waals surface area (Å²) in [5, 5.41) is 9.67. The maximum absolute atomic E-state index is 11.5. The van der Waals surface area contributed by atoms with Gasteiger partial charge in [0.15, 0.2) is 11.5 Å². The molecule has 0 radical (unpaired) electrons. The monoisotopic (exact) mass is 398 g/mol. The highest BCUT2D eigenvalue weighted by molar-refractivity contribution is 8.14. The van der Waals surface area contributed by atoms with Gasteiger partial charge in [0.2, 0.25) is 0 Å². The molecule has 0 fully saturated rings. The second-order valence-corrected chi connectivity index (χ2v) is 7.26. The summed E-state index contributed by atoms with van der Waals surface area (Å²) in [4.78, 5) is 11.5. The molecule has 6 nitrogen and oxygen atoms in total. The van der Waals surface area contributed by atoms with E-state index >= 15 is 0 Å². The minimum absolute atomic E-state index is 0.188. The van der Waals surface area contributed by atoms with Crippen LogP contribution in [0.2, 0.25) is 0 Å². The van der Waals surface area contributed by atoms with E-state index < -0.39 is 0 Å². The molecule has 0 bridgehead atoms. The molecule has 1 aliphatic rings. The predicted molar refractivity (Wildman–Crippen MR) is 112 cm³/mol. The van der Waals surface area contributed by atoms with Gasteiger partial charge in [-0.2, -0.15) is 0 Å². The minimum Gasteiger partial charge on any atom is -0.493 e. The Morgan fingerprint density at radius 1 is 1.04 bits per heavy atom. The van der Waals surface area contributed by atoms with Crippen molar-refractivity contribution in [3.05, 3.63) is 58.7 Å². The van der Waals surface area contributed by atoms with Crippen LogP contribution in [-0.4, -0.2) is 43.8 Å². The Kier molecular flexibility index (Phi) is 6.36. The normalized spacial score (nSPS) is 13.0. The SMILES string of the molecule is COC(=O)CSC1=NN=C(c2ccc(C)cc2)c2cc(OC)c(OC)cc2C1. The van der Waals surface area contributed by atoms with Crippen molar-refractivity contribution in [2.24, 2.45) is 10.2 Å². The molecule has 7 heteroatoms. The van der Waals surface area contributed by atoms with Crippen molar-refractivity contribution in [1.29, 1.82) is 0 Å². The second kappa shape index (κ2) is 8.93. The number of thioether (sulfide) groups is 1. The lowest BCUT2D eigenvalue weighted by Crippen LogP contribution is -2.10. The molecule has 2 aromatic carbocycles. The van der Waals surface area contributed by atoms with Crippen LogP contribution in [0.5, 0.6) is 11.5 Å². The average molecular weight is 398 g/mol. The van der Waals surface area contributed by atoms with Gasteiger partial charge in [0.25, 0.3) is 0 Å². The topological polar surface area (TPSA) is 69.5 Å². The van der Waals surface area contributed by atoms with E-state index in [9.17, 15) is 4.79 Å². The lowest BCUT2D eigenvalue weighted by Gasteiger charge is -2.15. The summed E-state index contributed by atoms with van der Waals surface area (Å²) in [6.45, 7) is 2.04. The molecule has 3 rings (SSSR count). The van der Waals surface area contributed by atoms with Crippen molar-refractivity contribution in [1.82, 2.24) is 0 Å². The molecule has 0 spiro atoms. The first-order valence-corrected chi connectivity index (χ1v) is 9.70. The average Bonchev–Trinajstić information content (AvgIpc) is 2.90. The Morgan fingerprint density at radius 3 is 2.36 bits per heavy atom. The van der Waals surface area contributed by atoms with E-state index in [1.54, 1.807) is 14.2 Å². The van der Waals surface area contributed by atoms with Crippen molar-refractivity contribution in [2.75, 3.05) is 27.1 Å². The molecule has 0 amide bonds. The first kappa shape index (κ1) is 19.9. The van der Waals surface area contributed by atoms with Gasteiger partial charge in [0.1, 0.15) is 10.8 Å². The van der Waals surface area contributed by atoms with E-state index in [4.69, 9.17) is 14.2 Å². The van der Waals surface area contributed by atoms with Crippen LogP contribution in [0.3, 0.4) is 0 Å². The van der Waals surface area contributed by atoms with E-state index in [1.807, 2.05) is 43.3 Å². The second-order valence-electron chi connectivity index (χ2n) is 6.21. The Labute approximate surface area is 168 Å². The van der Waals surface area contributed by atoms with Crippen LogP contribution < -0.4 is 9.47 Å². The smallest absolute Gasteiger partial charge is 0.316 e. The number of hydrogen-bond donors (Lipinski definition) is 0. The number of nitrogens with zero attached hydrogens (tertiary/aromatic N) is 2. The number of benzene rings is 2. The molecular formula is C21H22N2O4S. The molecule has 0 saturated carbocycles. The fourth-order valence-corrected chi connectivity index (χ4v) is 3.61. The van der Waals surface area contributed by atoms with E-state index in [-0.39, 0.29) is 11.7 Å². The van der Waals surface area contributed by atoms with Crippen LogP contribution in [0.25, 0.3) is 0 Å². The van der Waals surface area contributed by atoms with Crippen molar-refractivity contribution in [2.45, 2.75) is 13.3 Å². The lowest BCUT2D eigenvalue weighted by molar-refractivity contribution is -0.137. The number of fused-ring (bicyclic) bond motifs is 1. The molecule has 0 aromatic heterocycles. The summed E-state index contributed by atoms with van der Waals surface area (Å²) in [6, 6.07) is 12.0. The highest BCUT2D eigenvalue weighted by Crippen LogP contribution is 2.34. The summed E-state index contributed by atoms with van der Waals surface area (Å²) < 4.78 is 15.7. The number of ether oxygens (including phenoxy) is 3. The van der Waals surface area contributed by atoms with Crippen LogP contribution in [0.15, 0.2) is 46.6 Å². The van der Waals surface area contributed by atoms with Crippen molar-refractivity contribution in [3.63, 3.8) is 0 Å². The van der Waals surface area contributed by atoms with Crippen LogP contribution in [0.4, 0.5) is 0 Å². The Hall–Kier alpha value is -2.80. The number of carbonyl (C=O) groups excluding carboxylic acids is 1. The number of carbonyl (C=O) groups is 1. The molecule has 0 unspecified atom stereocenters. The van der Waals surface area contributed by atoms with Gasteiger partial charge in [-0.25, -0.2) is 0 Å². The maximum atomic E-state index is 11.5. The fourth-order valence-electron chi connectivity index (χ4n) is 2.85. The Balaban J connectivity index is 2.08. The first-order valence-electron chi connectivity index (χ1n) is 8.72. The number of rotatable bonds is 5. The molecule has 146 valence electrons. The zero-order valence-electron chi connectivity index (χ0n) is 16.3. The number of methoxy groups -OCH3 is 3.